The van der Waals surface area contributed by atoms with E-state index < -0.39 is 19.6 Å². The minimum Gasteiger partial charge on any atom is -0.289 e. The van der Waals surface area contributed by atoms with Crippen molar-refractivity contribution in [2.45, 2.75) is 11.8 Å². The zero-order chi connectivity index (χ0) is 14.7. The van der Waals surface area contributed by atoms with Gasteiger partial charge in [-0.2, -0.15) is 0 Å². The van der Waals surface area contributed by atoms with Crippen molar-refractivity contribution in [3.05, 3.63) is 32.6 Å². The Morgan fingerprint density at radius 2 is 1.40 bits per heavy atom. The minimum atomic E-state index is -2.92. The van der Waals surface area contributed by atoms with E-state index in [1.165, 1.54) is 0 Å². The topological polar surface area (TPSA) is 137 Å². The molecule has 0 amide bonds. The Morgan fingerprint density at radius 1 is 1.00 bits per heavy atom. The molecule has 0 aliphatic rings. The highest BCUT2D eigenvalue weighted by Crippen LogP contribution is 2.12. The second-order valence-corrected chi connectivity index (χ2v) is 4.46. The van der Waals surface area contributed by atoms with Gasteiger partial charge in [0.2, 0.25) is 0 Å². The van der Waals surface area contributed by atoms with Crippen molar-refractivity contribution in [1.82, 2.24) is 29.9 Å². The Hall–Kier alpha value is -1.84. The molecule has 2 aromatic heterocycles. The summed E-state index contributed by atoms with van der Waals surface area (Å²) in [6, 6.07) is 0. The van der Waals surface area contributed by atoms with E-state index in [1.54, 1.807) is 0 Å². The first kappa shape index (κ1) is 14.6. The lowest BCUT2D eigenvalue weighted by Crippen LogP contribution is -2.27. The zero-order valence-corrected chi connectivity index (χ0v) is 11.9. The number of nitrogens with zero attached hydrogens (tertiary/aromatic N) is 4. The quantitative estimate of drug-likeness (QED) is 0.514. The predicted molar refractivity (Wildman–Crippen MR) is 65.6 cm³/mol. The molecule has 0 saturated carbocycles. The molecule has 2 N–H and O–H groups in total. The van der Waals surface area contributed by atoms with Crippen LogP contribution in [0.15, 0.2) is 9.59 Å². The van der Waals surface area contributed by atoms with Crippen LogP contribution in [0.4, 0.5) is 0 Å². The van der Waals surface area contributed by atoms with Crippen molar-refractivity contribution in [2.75, 3.05) is 0 Å². The smallest absolute Gasteiger partial charge is 0.289 e. The fraction of sp³-hybridized carbons (Fsp3) is 0.333. The van der Waals surface area contributed by atoms with Crippen molar-refractivity contribution in [1.29, 1.82) is 0 Å². The molecule has 14 heteroatoms. The second kappa shape index (κ2) is 6.07. The molecule has 108 valence electrons. The average molecular weight is 344 g/mol. The number of hydrogen-bond donors (Lipinski definition) is 2. The van der Waals surface area contributed by atoms with Crippen LogP contribution in [0.3, 0.4) is 0 Å². The van der Waals surface area contributed by atoms with Crippen LogP contribution in [0.1, 0.15) is 11.6 Å². The molecule has 2 aromatic rings. The van der Waals surface area contributed by atoms with Crippen molar-refractivity contribution >= 4 is 31.5 Å². The van der Waals surface area contributed by atoms with E-state index in [0.29, 0.717) is 9.69 Å². The lowest BCUT2D eigenvalue weighted by atomic mass is 10.7. The van der Waals surface area contributed by atoms with E-state index in [4.69, 9.17) is 23.2 Å². The maximum atomic E-state index is 11.5. The van der Waals surface area contributed by atoms with Crippen LogP contribution in [0.25, 0.3) is 0 Å². The van der Waals surface area contributed by atoms with Crippen molar-refractivity contribution in [3.8, 4) is 0 Å². The van der Waals surface area contributed by atoms with Gasteiger partial charge in [0.25, 0.3) is 0 Å². The molecule has 0 saturated heterocycles. The zero-order valence-electron chi connectivity index (χ0n) is 9.45. The molecular formula is C6H6Cl2N6O5P+. The Balaban J connectivity index is 2.08. The Kier molecular flexibility index (Phi) is 4.42. The summed E-state index contributed by atoms with van der Waals surface area (Å²) >= 11 is 10.9. The van der Waals surface area contributed by atoms with Gasteiger partial charge in [0.05, 0.1) is 11.8 Å². The molecular weight excluding hydrogens is 338 g/mol. The molecule has 0 fully saturated rings. The van der Waals surface area contributed by atoms with Gasteiger partial charge in [0, 0.05) is 14.3 Å². The molecule has 0 aliphatic carbocycles. The van der Waals surface area contributed by atoms with Crippen LogP contribution in [-0.2, 0) is 16.3 Å². The molecule has 20 heavy (non-hydrogen) atoms. The molecule has 0 aromatic carbocycles. The molecule has 0 unspecified atom stereocenters. The predicted octanol–water partition coefficient (Wildman–Crippen LogP) is -0.851. The van der Waals surface area contributed by atoms with Crippen LogP contribution in [-0.4, -0.2) is 29.9 Å². The minimum absolute atomic E-state index is 0.0683. The number of halogens is 2. The highest BCUT2D eigenvalue weighted by Gasteiger charge is 2.30. The van der Waals surface area contributed by atoms with E-state index in [2.05, 4.69) is 29.4 Å². The van der Waals surface area contributed by atoms with Crippen LogP contribution >= 0.6 is 31.5 Å². The maximum absolute atomic E-state index is 11.5. The number of nitrogens with one attached hydrogen (secondary N) is 2. The molecule has 0 aliphatic heterocycles. The van der Waals surface area contributed by atoms with Gasteiger partial charge in [-0.1, -0.05) is 9.25 Å². The Morgan fingerprint density at radius 3 is 1.70 bits per heavy atom. The summed E-state index contributed by atoms with van der Waals surface area (Å²) < 4.78 is 20.6. The standard InChI is InChI=1S/C6H5Cl2N6O5P/c7-1-3-9-5(15)13(11-3)18-20(17)19-14-6(16)10-4(2-8)12-14/h1-2H2,(H-,9,10,11,12,15,16)/p+1. The van der Waals surface area contributed by atoms with Gasteiger partial charge in [-0.15, -0.1) is 33.4 Å². The maximum Gasteiger partial charge on any atom is 0.851 e. The molecule has 0 spiro atoms. The summed E-state index contributed by atoms with van der Waals surface area (Å²) in [5, 5.41) is 7.10. The summed E-state index contributed by atoms with van der Waals surface area (Å²) in [4.78, 5) is 27.8. The molecule has 0 radical (unpaired) electrons. The summed E-state index contributed by atoms with van der Waals surface area (Å²) in [6.45, 7) is 0. The summed E-state index contributed by atoms with van der Waals surface area (Å²) in [7, 11) is -2.92. The van der Waals surface area contributed by atoms with Crippen molar-refractivity contribution < 1.29 is 13.8 Å². The normalized spacial score (nSPS) is 10.5. The highest BCUT2D eigenvalue weighted by molar-refractivity contribution is 7.33. The second-order valence-electron chi connectivity index (χ2n) is 3.15. The van der Waals surface area contributed by atoms with Gasteiger partial charge < -0.3 is 0 Å². The summed E-state index contributed by atoms with van der Waals surface area (Å²) in [5.74, 6) is 0.0883. The van der Waals surface area contributed by atoms with Crippen LogP contribution in [0.5, 0.6) is 0 Å². The fourth-order valence-corrected chi connectivity index (χ4v) is 1.82. The number of H-pyrrole nitrogens is 2. The molecule has 0 atom stereocenters. The molecule has 2 heterocycles. The van der Waals surface area contributed by atoms with Crippen LogP contribution in [0.2, 0.25) is 0 Å². The van der Waals surface area contributed by atoms with Crippen LogP contribution < -0.4 is 20.6 Å². The first-order valence-electron chi connectivity index (χ1n) is 4.86. The van der Waals surface area contributed by atoms with Gasteiger partial charge in [-0.05, 0) is 0 Å². The van der Waals surface area contributed by atoms with E-state index in [0.717, 1.165) is 0 Å². The summed E-state index contributed by atoms with van der Waals surface area (Å²) in [6.07, 6.45) is 0. The van der Waals surface area contributed by atoms with Crippen molar-refractivity contribution in [2.24, 2.45) is 0 Å². The molecule has 11 nitrogen and oxygen atoms in total. The number of rotatable bonds is 6. The van der Waals surface area contributed by atoms with E-state index in [-0.39, 0.29) is 23.4 Å². The Labute approximate surface area is 120 Å². The van der Waals surface area contributed by atoms with Crippen LogP contribution in [0, 0.1) is 0 Å². The van der Waals surface area contributed by atoms with Gasteiger partial charge in [0.15, 0.2) is 0 Å². The SMILES string of the molecule is O=c1[nH]c(CCl)nn1O[P+](=O)On1nc(CCl)[nH]c1=O. The van der Waals surface area contributed by atoms with E-state index in [9.17, 15) is 14.2 Å². The van der Waals surface area contributed by atoms with E-state index >= 15 is 0 Å². The lowest BCUT2D eigenvalue weighted by Gasteiger charge is -1.88. The van der Waals surface area contributed by atoms with Gasteiger partial charge in [-0.25, -0.2) is 9.59 Å². The third kappa shape index (κ3) is 3.18. The molecule has 0 bridgehead atoms. The largest absolute Gasteiger partial charge is 0.851 e. The number of hydrogen-bond acceptors (Lipinski definition) is 7. The van der Waals surface area contributed by atoms with Crippen molar-refractivity contribution in [3.63, 3.8) is 0 Å². The third-order valence-corrected chi connectivity index (χ3v) is 2.90. The highest BCUT2D eigenvalue weighted by atomic mass is 35.5. The number of aromatic nitrogens is 6. The lowest BCUT2D eigenvalue weighted by molar-refractivity contribution is 0.148. The fourth-order valence-electron chi connectivity index (χ4n) is 1.07. The van der Waals surface area contributed by atoms with Gasteiger partial charge >= 0.3 is 19.6 Å². The first-order chi connectivity index (χ1) is 9.53. The summed E-state index contributed by atoms with van der Waals surface area (Å²) in [5.41, 5.74) is -1.60. The average Bonchev–Trinajstić information content (AvgIpc) is 2.94. The monoisotopic (exact) mass is 343 g/mol. The number of alkyl halides is 2. The first-order valence-corrected chi connectivity index (χ1v) is 7.02. The van der Waals surface area contributed by atoms with Gasteiger partial charge in [-0.3, -0.25) is 9.97 Å². The van der Waals surface area contributed by atoms with Gasteiger partial charge in [0.1, 0.15) is 11.6 Å². The number of aromatic amines is 2. The third-order valence-electron chi connectivity index (χ3n) is 1.81. The Bertz CT molecular complexity index is 673. The van der Waals surface area contributed by atoms with E-state index in [1.807, 2.05) is 0 Å². The molecule has 2 rings (SSSR count).